The van der Waals surface area contributed by atoms with Gasteiger partial charge in [0.05, 0.1) is 16.6 Å². The first kappa shape index (κ1) is 15.3. The van der Waals surface area contributed by atoms with E-state index in [0.29, 0.717) is 6.42 Å². The van der Waals surface area contributed by atoms with Crippen molar-refractivity contribution in [2.24, 2.45) is 0 Å². The number of carbonyl (C=O) groups is 1. The lowest BCUT2D eigenvalue weighted by atomic mass is 10.2. The third-order valence-electron chi connectivity index (χ3n) is 2.98. The number of imidazole rings is 1. The number of hydrogen-bond donors (Lipinski definition) is 1. The molecular weight excluding hydrogens is 289 g/mol. The molecule has 2 aromatic rings. The van der Waals surface area contributed by atoms with Crippen LogP contribution in [0.5, 0.6) is 0 Å². The fourth-order valence-electron chi connectivity index (χ4n) is 2.16. The van der Waals surface area contributed by atoms with E-state index in [2.05, 4.69) is 4.98 Å². The highest BCUT2D eigenvalue weighted by atomic mass is 19.4. The number of rotatable bonds is 5. The highest BCUT2D eigenvalue weighted by Crippen LogP contribution is 2.32. The van der Waals surface area contributed by atoms with Gasteiger partial charge in [0.1, 0.15) is 0 Å². The fraction of sp³-hybridized carbons (Fsp3) is 0.385. The molecule has 0 amide bonds. The first-order valence-corrected chi connectivity index (χ1v) is 6.15. The van der Waals surface area contributed by atoms with Gasteiger partial charge < -0.3 is 14.4 Å². The van der Waals surface area contributed by atoms with Gasteiger partial charge in [0.15, 0.2) is 0 Å². The summed E-state index contributed by atoms with van der Waals surface area (Å²) in [6, 6.07) is 4.00. The number of para-hydroxylation sites is 1. The molecule has 21 heavy (non-hydrogen) atoms. The van der Waals surface area contributed by atoms with E-state index in [1.165, 1.54) is 25.3 Å². The van der Waals surface area contributed by atoms with E-state index in [1.807, 2.05) is 0 Å². The standard InChI is InChI=1S/C13H13F3N2O3/c1-21-7-3-6-18-10-8(11(19)20)4-2-5-9(10)17-12(18)13(14,15)16/h2,4-5H,3,6-7H2,1H3,(H,19,20). The van der Waals surface area contributed by atoms with Crippen molar-refractivity contribution in [3.05, 3.63) is 29.6 Å². The molecular formula is C13H13F3N2O3. The highest BCUT2D eigenvalue weighted by Gasteiger charge is 2.38. The van der Waals surface area contributed by atoms with Gasteiger partial charge in [-0.15, -0.1) is 0 Å². The van der Waals surface area contributed by atoms with Gasteiger partial charge in [-0.05, 0) is 18.6 Å². The van der Waals surface area contributed by atoms with Crippen LogP contribution in [-0.2, 0) is 17.5 Å². The van der Waals surface area contributed by atoms with Crippen molar-refractivity contribution in [1.29, 1.82) is 0 Å². The molecule has 1 aromatic heterocycles. The second-order valence-corrected chi connectivity index (χ2v) is 4.41. The molecule has 0 bridgehead atoms. The number of hydrogen-bond acceptors (Lipinski definition) is 3. The van der Waals surface area contributed by atoms with E-state index >= 15 is 0 Å². The molecule has 0 aliphatic carbocycles. The summed E-state index contributed by atoms with van der Waals surface area (Å²) in [7, 11) is 1.44. The lowest BCUT2D eigenvalue weighted by molar-refractivity contribution is -0.147. The molecule has 1 N–H and O–H groups in total. The molecule has 0 fully saturated rings. The van der Waals surface area contributed by atoms with Crippen LogP contribution in [0.15, 0.2) is 18.2 Å². The molecule has 0 aliphatic heterocycles. The Morgan fingerprint density at radius 2 is 2.14 bits per heavy atom. The van der Waals surface area contributed by atoms with Gasteiger partial charge in [0, 0.05) is 20.3 Å². The second-order valence-electron chi connectivity index (χ2n) is 4.41. The number of nitrogens with zero attached hydrogens (tertiary/aromatic N) is 2. The molecule has 0 aliphatic rings. The summed E-state index contributed by atoms with van der Waals surface area (Å²) in [6.07, 6.45) is -4.33. The number of halogens is 3. The molecule has 1 aromatic carbocycles. The number of benzene rings is 1. The number of methoxy groups -OCH3 is 1. The Morgan fingerprint density at radius 3 is 2.71 bits per heavy atom. The average molecular weight is 302 g/mol. The van der Waals surface area contributed by atoms with E-state index in [-0.39, 0.29) is 29.7 Å². The molecule has 0 saturated heterocycles. The number of carboxylic acid groups (broad SMARTS) is 1. The minimum absolute atomic E-state index is 0.0136. The number of fused-ring (bicyclic) bond motifs is 1. The Bertz CT molecular complexity index is 664. The summed E-state index contributed by atoms with van der Waals surface area (Å²) in [5.74, 6) is -2.38. The van der Waals surface area contributed by atoms with Gasteiger partial charge in [-0.25, -0.2) is 9.78 Å². The lowest BCUT2D eigenvalue weighted by Crippen LogP contribution is -2.16. The summed E-state index contributed by atoms with van der Waals surface area (Å²) in [5.41, 5.74) is -0.207. The molecule has 0 atom stereocenters. The van der Waals surface area contributed by atoms with Crippen molar-refractivity contribution in [2.75, 3.05) is 13.7 Å². The Labute approximate surface area is 118 Å². The number of aromatic nitrogens is 2. The van der Waals surface area contributed by atoms with Gasteiger partial charge in [0.25, 0.3) is 0 Å². The predicted octanol–water partition coefficient (Wildman–Crippen LogP) is 2.79. The molecule has 1 heterocycles. The smallest absolute Gasteiger partial charge is 0.449 e. The van der Waals surface area contributed by atoms with Gasteiger partial charge in [-0.1, -0.05) is 6.07 Å². The third kappa shape index (κ3) is 2.99. The van der Waals surface area contributed by atoms with Crippen LogP contribution in [0.3, 0.4) is 0 Å². The van der Waals surface area contributed by atoms with E-state index in [9.17, 15) is 18.0 Å². The van der Waals surface area contributed by atoms with E-state index in [4.69, 9.17) is 9.84 Å². The average Bonchev–Trinajstić information content (AvgIpc) is 2.78. The van der Waals surface area contributed by atoms with Crippen LogP contribution in [0.1, 0.15) is 22.6 Å². The van der Waals surface area contributed by atoms with Crippen LogP contribution in [0.4, 0.5) is 13.2 Å². The van der Waals surface area contributed by atoms with Crippen LogP contribution in [0.2, 0.25) is 0 Å². The van der Waals surface area contributed by atoms with E-state index < -0.39 is 18.0 Å². The Kier molecular flexibility index (Phi) is 4.17. The molecule has 0 radical (unpaired) electrons. The van der Waals surface area contributed by atoms with Crippen LogP contribution in [0, 0.1) is 0 Å². The van der Waals surface area contributed by atoms with E-state index in [1.54, 1.807) is 0 Å². The molecule has 0 saturated carbocycles. The highest BCUT2D eigenvalue weighted by molar-refractivity contribution is 6.01. The Hall–Kier alpha value is -2.09. The maximum absolute atomic E-state index is 13.1. The minimum atomic E-state index is -4.65. The minimum Gasteiger partial charge on any atom is -0.478 e. The van der Waals surface area contributed by atoms with Crippen LogP contribution < -0.4 is 0 Å². The topological polar surface area (TPSA) is 64.4 Å². The SMILES string of the molecule is COCCCn1c(C(F)(F)F)nc2cccc(C(=O)O)c21. The maximum atomic E-state index is 13.1. The van der Waals surface area contributed by atoms with Crippen molar-refractivity contribution < 1.29 is 27.8 Å². The monoisotopic (exact) mass is 302 g/mol. The number of ether oxygens (including phenoxy) is 1. The van der Waals surface area contributed by atoms with Crippen LogP contribution in [-0.4, -0.2) is 34.3 Å². The van der Waals surface area contributed by atoms with Gasteiger partial charge >= 0.3 is 12.1 Å². The van der Waals surface area contributed by atoms with Gasteiger partial charge in [-0.3, -0.25) is 0 Å². The third-order valence-corrected chi connectivity index (χ3v) is 2.98. The maximum Gasteiger partial charge on any atom is 0.449 e. The Balaban J connectivity index is 2.65. The molecule has 0 unspecified atom stereocenters. The van der Waals surface area contributed by atoms with Crippen molar-refractivity contribution in [1.82, 2.24) is 9.55 Å². The fourth-order valence-corrected chi connectivity index (χ4v) is 2.16. The molecule has 114 valence electrons. The van der Waals surface area contributed by atoms with Crippen molar-refractivity contribution in [3.8, 4) is 0 Å². The predicted molar refractivity (Wildman–Crippen MR) is 68.2 cm³/mol. The van der Waals surface area contributed by atoms with Crippen molar-refractivity contribution in [2.45, 2.75) is 19.1 Å². The summed E-state index contributed by atoms with van der Waals surface area (Å²) < 4.78 is 44.9. The number of alkyl halides is 3. The molecule has 2 rings (SSSR count). The number of aromatic carboxylic acids is 1. The molecule has 8 heteroatoms. The van der Waals surface area contributed by atoms with Crippen LogP contribution in [0.25, 0.3) is 11.0 Å². The van der Waals surface area contributed by atoms with E-state index in [0.717, 1.165) is 4.57 Å². The summed E-state index contributed by atoms with van der Waals surface area (Å²) in [4.78, 5) is 14.7. The first-order chi connectivity index (χ1) is 9.86. The number of aryl methyl sites for hydroxylation is 1. The summed E-state index contributed by atoms with van der Waals surface area (Å²) in [6.45, 7) is 0.246. The second kappa shape index (κ2) is 5.72. The number of carboxylic acids is 1. The normalized spacial score (nSPS) is 12.0. The summed E-state index contributed by atoms with van der Waals surface area (Å²) >= 11 is 0. The first-order valence-electron chi connectivity index (χ1n) is 6.15. The quantitative estimate of drug-likeness (QED) is 0.863. The zero-order chi connectivity index (χ0) is 15.6. The lowest BCUT2D eigenvalue weighted by Gasteiger charge is -2.12. The van der Waals surface area contributed by atoms with Crippen molar-refractivity contribution in [3.63, 3.8) is 0 Å². The molecule has 5 nitrogen and oxygen atoms in total. The summed E-state index contributed by atoms with van der Waals surface area (Å²) in [5, 5.41) is 9.14. The van der Waals surface area contributed by atoms with Gasteiger partial charge in [0.2, 0.25) is 5.82 Å². The van der Waals surface area contributed by atoms with Gasteiger partial charge in [-0.2, -0.15) is 13.2 Å². The Morgan fingerprint density at radius 1 is 1.43 bits per heavy atom. The molecule has 0 spiro atoms. The zero-order valence-electron chi connectivity index (χ0n) is 11.1. The largest absolute Gasteiger partial charge is 0.478 e. The van der Waals surface area contributed by atoms with Crippen molar-refractivity contribution >= 4 is 17.0 Å². The zero-order valence-corrected chi connectivity index (χ0v) is 11.1. The van der Waals surface area contributed by atoms with Crippen LogP contribution >= 0.6 is 0 Å².